The number of halogens is 1. The molecule has 0 saturated carbocycles. The molecule has 0 aliphatic heterocycles. The number of benzene rings is 2. The normalized spacial score (nSPS) is 10.3. The Morgan fingerprint density at radius 1 is 1.16 bits per heavy atom. The second-order valence-corrected chi connectivity index (χ2v) is 5.10. The fourth-order valence-electron chi connectivity index (χ4n) is 1.89. The Morgan fingerprint density at radius 2 is 1.84 bits per heavy atom. The molecule has 0 aliphatic carbocycles. The van der Waals surface area contributed by atoms with Gasteiger partial charge >= 0.3 is 0 Å². The average molecular weight is 320 g/mol. The molecule has 0 saturated heterocycles. The zero-order valence-electron chi connectivity index (χ0n) is 10.7. The van der Waals surface area contributed by atoms with Crippen LogP contribution in [0.15, 0.2) is 40.9 Å². The number of ketones is 1. The number of hydrogen-bond donors (Lipinski definition) is 1. The number of carbonyl (C=O) groups is 1. The van der Waals surface area contributed by atoms with Gasteiger partial charge in [-0.25, -0.2) is 0 Å². The van der Waals surface area contributed by atoms with E-state index in [-0.39, 0.29) is 5.78 Å². The van der Waals surface area contributed by atoms with Crippen LogP contribution >= 0.6 is 15.9 Å². The number of nitrogens with two attached hydrogens (primary N) is 1. The number of aryl methyl sites for hydroxylation is 1. The number of ether oxygens (including phenoxy) is 1. The Balaban J connectivity index is 2.44. The summed E-state index contributed by atoms with van der Waals surface area (Å²) in [7, 11) is 1.59. The predicted octanol–water partition coefficient (Wildman–Crippen LogP) is 3.58. The van der Waals surface area contributed by atoms with Gasteiger partial charge in [-0.15, -0.1) is 0 Å². The highest BCUT2D eigenvalue weighted by atomic mass is 79.9. The van der Waals surface area contributed by atoms with Gasteiger partial charge in [0.25, 0.3) is 0 Å². The molecule has 0 amide bonds. The summed E-state index contributed by atoms with van der Waals surface area (Å²) in [6, 6.07) is 10.6. The van der Waals surface area contributed by atoms with Crippen molar-refractivity contribution >= 4 is 27.4 Å². The zero-order valence-corrected chi connectivity index (χ0v) is 12.3. The Kier molecular flexibility index (Phi) is 3.90. The van der Waals surface area contributed by atoms with E-state index in [0.29, 0.717) is 27.0 Å². The van der Waals surface area contributed by atoms with Gasteiger partial charge in [0.15, 0.2) is 5.78 Å². The maximum absolute atomic E-state index is 12.5. The zero-order chi connectivity index (χ0) is 14.0. The van der Waals surface area contributed by atoms with E-state index in [1.165, 1.54) is 0 Å². The summed E-state index contributed by atoms with van der Waals surface area (Å²) in [5, 5.41) is 0. The molecule has 19 heavy (non-hydrogen) atoms. The van der Waals surface area contributed by atoms with Crippen LogP contribution in [-0.4, -0.2) is 12.9 Å². The van der Waals surface area contributed by atoms with Crippen LogP contribution in [0.4, 0.5) is 5.69 Å². The molecule has 2 rings (SSSR count). The SMILES string of the molecule is COc1ccc(C(=O)c2ccc(N)cc2C)c(Br)c1. The highest BCUT2D eigenvalue weighted by molar-refractivity contribution is 9.10. The lowest BCUT2D eigenvalue weighted by Crippen LogP contribution is -2.05. The number of methoxy groups -OCH3 is 1. The third-order valence-corrected chi connectivity index (χ3v) is 3.57. The number of hydrogen-bond acceptors (Lipinski definition) is 3. The quantitative estimate of drug-likeness (QED) is 0.695. The van der Waals surface area contributed by atoms with Gasteiger partial charge in [-0.05, 0) is 64.8 Å². The van der Waals surface area contributed by atoms with Crippen LogP contribution in [0.1, 0.15) is 21.5 Å². The second kappa shape index (κ2) is 5.45. The summed E-state index contributed by atoms with van der Waals surface area (Å²) < 4.78 is 5.83. The monoisotopic (exact) mass is 319 g/mol. The molecule has 0 unspecified atom stereocenters. The molecule has 4 heteroatoms. The van der Waals surface area contributed by atoms with E-state index < -0.39 is 0 Å². The minimum absolute atomic E-state index is 0.0352. The van der Waals surface area contributed by atoms with Crippen molar-refractivity contribution in [2.75, 3.05) is 12.8 Å². The molecule has 2 N–H and O–H groups in total. The maximum atomic E-state index is 12.5. The molecular weight excluding hydrogens is 306 g/mol. The van der Waals surface area contributed by atoms with Gasteiger partial charge in [-0.1, -0.05) is 0 Å². The van der Waals surface area contributed by atoms with Crippen LogP contribution in [0, 0.1) is 6.92 Å². The molecule has 0 atom stereocenters. The van der Waals surface area contributed by atoms with E-state index in [1.54, 1.807) is 43.5 Å². The lowest BCUT2D eigenvalue weighted by atomic mass is 9.98. The van der Waals surface area contributed by atoms with E-state index in [9.17, 15) is 4.79 Å². The maximum Gasteiger partial charge on any atom is 0.194 e. The summed E-state index contributed by atoms with van der Waals surface area (Å²) >= 11 is 3.40. The lowest BCUT2D eigenvalue weighted by Gasteiger charge is -2.09. The first-order chi connectivity index (χ1) is 9.02. The highest BCUT2D eigenvalue weighted by Gasteiger charge is 2.15. The van der Waals surface area contributed by atoms with Crippen molar-refractivity contribution in [1.82, 2.24) is 0 Å². The minimum atomic E-state index is -0.0352. The topological polar surface area (TPSA) is 52.3 Å². The minimum Gasteiger partial charge on any atom is -0.497 e. The van der Waals surface area contributed by atoms with E-state index in [1.807, 2.05) is 6.92 Å². The van der Waals surface area contributed by atoms with Crippen LogP contribution in [0.5, 0.6) is 5.75 Å². The van der Waals surface area contributed by atoms with Gasteiger partial charge in [-0.3, -0.25) is 4.79 Å². The van der Waals surface area contributed by atoms with E-state index in [0.717, 1.165) is 5.56 Å². The molecule has 0 aliphatic rings. The van der Waals surface area contributed by atoms with Crippen molar-refractivity contribution in [1.29, 1.82) is 0 Å². The molecule has 0 bridgehead atoms. The number of anilines is 1. The number of carbonyl (C=O) groups excluding carboxylic acids is 1. The third-order valence-electron chi connectivity index (χ3n) is 2.92. The Bertz CT molecular complexity index is 638. The highest BCUT2D eigenvalue weighted by Crippen LogP contribution is 2.26. The molecule has 0 spiro atoms. The molecule has 2 aromatic carbocycles. The van der Waals surface area contributed by atoms with E-state index in [2.05, 4.69) is 15.9 Å². The Morgan fingerprint density at radius 3 is 2.42 bits per heavy atom. The molecule has 0 heterocycles. The van der Waals surface area contributed by atoms with Crippen LogP contribution in [-0.2, 0) is 0 Å². The smallest absolute Gasteiger partial charge is 0.194 e. The lowest BCUT2D eigenvalue weighted by molar-refractivity contribution is 0.103. The van der Waals surface area contributed by atoms with Crippen LogP contribution < -0.4 is 10.5 Å². The molecule has 0 aromatic heterocycles. The van der Waals surface area contributed by atoms with Crippen LogP contribution in [0.25, 0.3) is 0 Å². The van der Waals surface area contributed by atoms with Gasteiger partial charge in [0, 0.05) is 21.3 Å². The van der Waals surface area contributed by atoms with E-state index in [4.69, 9.17) is 10.5 Å². The molecule has 3 nitrogen and oxygen atoms in total. The van der Waals surface area contributed by atoms with Crippen molar-refractivity contribution in [2.45, 2.75) is 6.92 Å². The van der Waals surface area contributed by atoms with Crippen molar-refractivity contribution in [3.05, 3.63) is 57.6 Å². The largest absolute Gasteiger partial charge is 0.497 e. The van der Waals surface area contributed by atoms with Gasteiger partial charge in [0.1, 0.15) is 5.75 Å². The first-order valence-electron chi connectivity index (χ1n) is 5.77. The van der Waals surface area contributed by atoms with Crippen LogP contribution in [0.2, 0.25) is 0 Å². The van der Waals surface area contributed by atoms with Gasteiger partial charge in [0.2, 0.25) is 0 Å². The van der Waals surface area contributed by atoms with E-state index >= 15 is 0 Å². The van der Waals surface area contributed by atoms with Gasteiger partial charge in [0.05, 0.1) is 7.11 Å². The number of nitrogen functional groups attached to an aromatic ring is 1. The van der Waals surface area contributed by atoms with Gasteiger partial charge in [-0.2, -0.15) is 0 Å². The Hall–Kier alpha value is -1.81. The summed E-state index contributed by atoms with van der Waals surface area (Å²) in [6.07, 6.45) is 0. The van der Waals surface area contributed by atoms with Crippen molar-refractivity contribution in [3.63, 3.8) is 0 Å². The van der Waals surface area contributed by atoms with Gasteiger partial charge < -0.3 is 10.5 Å². The average Bonchev–Trinajstić information content (AvgIpc) is 2.37. The standard InChI is InChI=1S/C15H14BrNO2/c1-9-7-10(17)3-5-12(9)15(18)13-6-4-11(19-2)8-14(13)16/h3-8H,17H2,1-2H3. The summed E-state index contributed by atoms with van der Waals surface area (Å²) in [4.78, 5) is 12.5. The van der Waals surface area contributed by atoms with Crippen molar-refractivity contribution in [3.8, 4) is 5.75 Å². The Labute approximate surface area is 120 Å². The summed E-state index contributed by atoms with van der Waals surface area (Å²) in [5.74, 6) is 0.671. The number of rotatable bonds is 3. The molecule has 98 valence electrons. The molecule has 0 radical (unpaired) electrons. The fraction of sp³-hybridized carbons (Fsp3) is 0.133. The van der Waals surface area contributed by atoms with Crippen LogP contribution in [0.3, 0.4) is 0 Å². The third kappa shape index (κ3) is 2.79. The predicted molar refractivity (Wildman–Crippen MR) is 79.7 cm³/mol. The summed E-state index contributed by atoms with van der Waals surface area (Å²) in [5.41, 5.74) is 8.48. The molecular formula is C15H14BrNO2. The first-order valence-corrected chi connectivity index (χ1v) is 6.56. The second-order valence-electron chi connectivity index (χ2n) is 4.25. The fourth-order valence-corrected chi connectivity index (χ4v) is 2.43. The summed E-state index contributed by atoms with van der Waals surface area (Å²) in [6.45, 7) is 1.88. The molecule has 0 fully saturated rings. The first kappa shape index (κ1) is 13.6. The van der Waals surface area contributed by atoms with Crippen molar-refractivity contribution in [2.24, 2.45) is 0 Å². The molecule has 2 aromatic rings. The van der Waals surface area contributed by atoms with Crippen molar-refractivity contribution < 1.29 is 9.53 Å².